The Morgan fingerprint density at radius 3 is 2.50 bits per heavy atom. The number of nitro groups is 1. The molecule has 0 bridgehead atoms. The summed E-state index contributed by atoms with van der Waals surface area (Å²) in [7, 11) is 0. The summed E-state index contributed by atoms with van der Waals surface area (Å²) in [6, 6.07) is 5.84. The number of nitrogens with zero attached hydrogens (tertiary/aromatic N) is 2. The molecule has 2 aliphatic rings. The van der Waals surface area contributed by atoms with E-state index in [4.69, 9.17) is 4.74 Å². The monoisotopic (exact) mass is 304 g/mol. The van der Waals surface area contributed by atoms with E-state index in [-0.39, 0.29) is 17.7 Å². The van der Waals surface area contributed by atoms with E-state index in [2.05, 4.69) is 0 Å². The predicted octanol–water partition coefficient (Wildman–Crippen LogP) is 2.63. The number of nitro benzene ring substituents is 1. The van der Waals surface area contributed by atoms with Gasteiger partial charge < -0.3 is 9.64 Å². The second-order valence-electron chi connectivity index (χ2n) is 6.09. The highest BCUT2D eigenvalue weighted by molar-refractivity contribution is 5.94. The van der Waals surface area contributed by atoms with Crippen molar-refractivity contribution in [2.45, 2.75) is 31.8 Å². The number of hydrogen-bond acceptors (Lipinski definition) is 4. The molecule has 1 aliphatic heterocycles. The Hall–Kier alpha value is -1.95. The van der Waals surface area contributed by atoms with Gasteiger partial charge in [-0.3, -0.25) is 14.9 Å². The molecule has 0 aromatic heterocycles. The molecule has 1 heterocycles. The Labute approximate surface area is 129 Å². The Bertz CT molecular complexity index is 548. The highest BCUT2D eigenvalue weighted by Gasteiger charge is 2.30. The average molecular weight is 304 g/mol. The lowest BCUT2D eigenvalue weighted by Gasteiger charge is -2.25. The molecule has 1 aromatic carbocycles. The van der Waals surface area contributed by atoms with E-state index in [0.717, 1.165) is 26.0 Å². The molecule has 0 radical (unpaired) electrons. The van der Waals surface area contributed by atoms with Crippen LogP contribution < -0.4 is 0 Å². The lowest BCUT2D eigenvalue weighted by atomic mass is 10.1. The fourth-order valence-corrected chi connectivity index (χ4v) is 2.79. The molecule has 118 valence electrons. The van der Waals surface area contributed by atoms with E-state index >= 15 is 0 Å². The van der Waals surface area contributed by atoms with Crippen LogP contribution in [0, 0.1) is 16.0 Å². The quantitative estimate of drug-likeness (QED) is 0.598. The van der Waals surface area contributed by atoms with Crippen molar-refractivity contribution >= 4 is 11.6 Å². The number of rotatable bonds is 6. The summed E-state index contributed by atoms with van der Waals surface area (Å²) in [6.45, 7) is 2.15. The molecule has 1 saturated carbocycles. The number of hydrogen-bond donors (Lipinski definition) is 0. The summed E-state index contributed by atoms with van der Waals surface area (Å²) in [5.74, 6) is 0.542. The molecule has 1 amide bonds. The molecule has 0 N–H and O–H groups in total. The lowest BCUT2D eigenvalue weighted by Crippen LogP contribution is -2.38. The molecule has 22 heavy (non-hydrogen) atoms. The van der Waals surface area contributed by atoms with E-state index < -0.39 is 4.92 Å². The van der Waals surface area contributed by atoms with Crippen LogP contribution in [0.2, 0.25) is 0 Å². The molecule has 1 unspecified atom stereocenters. The first-order chi connectivity index (χ1) is 10.6. The fourth-order valence-electron chi connectivity index (χ4n) is 2.79. The summed E-state index contributed by atoms with van der Waals surface area (Å²) in [4.78, 5) is 24.8. The minimum absolute atomic E-state index is 0.00409. The van der Waals surface area contributed by atoms with Gasteiger partial charge in [0.15, 0.2) is 0 Å². The number of carbonyl (C=O) groups excluding carboxylic acids is 1. The Kier molecular flexibility index (Phi) is 4.38. The first-order valence-corrected chi connectivity index (χ1v) is 7.79. The first-order valence-electron chi connectivity index (χ1n) is 7.79. The lowest BCUT2D eigenvalue weighted by molar-refractivity contribution is -0.384. The van der Waals surface area contributed by atoms with E-state index in [0.29, 0.717) is 18.0 Å². The molecule has 1 aromatic rings. The van der Waals surface area contributed by atoms with Crippen LogP contribution >= 0.6 is 0 Å². The maximum Gasteiger partial charge on any atom is 0.269 e. The predicted molar refractivity (Wildman–Crippen MR) is 80.7 cm³/mol. The fraction of sp³-hybridized carbons (Fsp3) is 0.562. The van der Waals surface area contributed by atoms with Crippen molar-refractivity contribution in [3.63, 3.8) is 0 Å². The summed E-state index contributed by atoms with van der Waals surface area (Å²) >= 11 is 0. The van der Waals surface area contributed by atoms with Crippen LogP contribution in [0.3, 0.4) is 0 Å². The number of amides is 1. The molecule has 6 nitrogen and oxygen atoms in total. The zero-order valence-electron chi connectivity index (χ0n) is 12.4. The van der Waals surface area contributed by atoms with Crippen LogP contribution in [0.5, 0.6) is 0 Å². The summed E-state index contributed by atoms with van der Waals surface area (Å²) in [5, 5.41) is 10.7. The molecule has 1 aliphatic carbocycles. The second kappa shape index (κ2) is 6.44. The van der Waals surface area contributed by atoms with Crippen LogP contribution in [0.1, 0.15) is 36.0 Å². The van der Waals surface area contributed by atoms with Crippen molar-refractivity contribution in [1.29, 1.82) is 0 Å². The van der Waals surface area contributed by atoms with Gasteiger partial charge in [0.2, 0.25) is 0 Å². The molecule has 0 spiro atoms. The zero-order valence-corrected chi connectivity index (χ0v) is 12.4. The third-order valence-corrected chi connectivity index (χ3v) is 4.24. The van der Waals surface area contributed by atoms with Gasteiger partial charge in [-0.1, -0.05) is 0 Å². The van der Waals surface area contributed by atoms with Crippen molar-refractivity contribution in [1.82, 2.24) is 4.90 Å². The Balaban J connectivity index is 1.70. The summed E-state index contributed by atoms with van der Waals surface area (Å²) in [5.41, 5.74) is 0.508. The first kappa shape index (κ1) is 15.0. The van der Waals surface area contributed by atoms with Gasteiger partial charge in [0.1, 0.15) is 0 Å². The van der Waals surface area contributed by atoms with Gasteiger partial charge in [-0.15, -0.1) is 0 Å². The van der Waals surface area contributed by atoms with Crippen molar-refractivity contribution in [2.24, 2.45) is 5.92 Å². The third-order valence-electron chi connectivity index (χ3n) is 4.24. The van der Waals surface area contributed by atoms with Crippen LogP contribution in [-0.4, -0.2) is 41.5 Å². The van der Waals surface area contributed by atoms with E-state index in [1.807, 2.05) is 4.90 Å². The van der Waals surface area contributed by atoms with E-state index in [1.54, 1.807) is 0 Å². The Morgan fingerprint density at radius 1 is 1.23 bits per heavy atom. The largest absolute Gasteiger partial charge is 0.376 e. The van der Waals surface area contributed by atoms with Crippen molar-refractivity contribution in [2.75, 3.05) is 19.7 Å². The molecule has 6 heteroatoms. The molecule has 1 atom stereocenters. The van der Waals surface area contributed by atoms with Gasteiger partial charge in [-0.2, -0.15) is 0 Å². The Morgan fingerprint density at radius 2 is 1.95 bits per heavy atom. The van der Waals surface area contributed by atoms with Gasteiger partial charge in [0, 0.05) is 37.4 Å². The van der Waals surface area contributed by atoms with Crippen LogP contribution in [0.25, 0.3) is 0 Å². The van der Waals surface area contributed by atoms with Gasteiger partial charge >= 0.3 is 0 Å². The van der Waals surface area contributed by atoms with E-state index in [1.165, 1.54) is 37.1 Å². The van der Waals surface area contributed by atoms with Crippen LogP contribution in [-0.2, 0) is 4.74 Å². The maximum atomic E-state index is 12.7. The van der Waals surface area contributed by atoms with Crippen molar-refractivity contribution in [3.05, 3.63) is 39.9 Å². The van der Waals surface area contributed by atoms with Gasteiger partial charge in [0.05, 0.1) is 11.0 Å². The number of benzene rings is 1. The van der Waals surface area contributed by atoms with Crippen molar-refractivity contribution < 1.29 is 14.5 Å². The third kappa shape index (κ3) is 3.62. The highest BCUT2D eigenvalue weighted by atomic mass is 16.6. The molecule has 2 fully saturated rings. The minimum Gasteiger partial charge on any atom is -0.376 e. The number of non-ortho nitro benzene ring substituents is 1. The SMILES string of the molecule is O=C(c1ccc([N+](=O)[O-])cc1)N(CC1CC1)CC1CCCO1. The number of carbonyl (C=O) groups is 1. The van der Waals surface area contributed by atoms with Gasteiger partial charge in [0.25, 0.3) is 11.6 Å². The molecule has 3 rings (SSSR count). The normalized spacial score (nSPS) is 20.8. The standard InChI is InChI=1S/C16H20N2O4/c19-16(13-5-7-14(8-6-13)18(20)21)17(10-12-3-4-12)11-15-2-1-9-22-15/h5-8,12,15H,1-4,9-11H2. The average Bonchev–Trinajstić information content (AvgIpc) is 3.19. The van der Waals surface area contributed by atoms with Gasteiger partial charge in [-0.25, -0.2) is 0 Å². The van der Waals surface area contributed by atoms with Gasteiger partial charge in [-0.05, 0) is 43.7 Å². The van der Waals surface area contributed by atoms with E-state index in [9.17, 15) is 14.9 Å². The molecular formula is C16H20N2O4. The smallest absolute Gasteiger partial charge is 0.269 e. The van der Waals surface area contributed by atoms with Crippen LogP contribution in [0.4, 0.5) is 5.69 Å². The number of ether oxygens (including phenoxy) is 1. The molecule has 1 saturated heterocycles. The van der Waals surface area contributed by atoms with Crippen molar-refractivity contribution in [3.8, 4) is 0 Å². The topological polar surface area (TPSA) is 72.7 Å². The maximum absolute atomic E-state index is 12.7. The summed E-state index contributed by atoms with van der Waals surface area (Å²) < 4.78 is 5.64. The van der Waals surface area contributed by atoms with Crippen LogP contribution in [0.15, 0.2) is 24.3 Å². The second-order valence-corrected chi connectivity index (χ2v) is 6.09. The highest BCUT2D eigenvalue weighted by Crippen LogP contribution is 2.30. The molecular weight excluding hydrogens is 284 g/mol. The zero-order chi connectivity index (χ0) is 15.5. The summed E-state index contributed by atoms with van der Waals surface area (Å²) in [6.07, 6.45) is 4.52. The minimum atomic E-state index is -0.456.